The molecule has 0 spiro atoms. The van der Waals surface area contributed by atoms with Crippen molar-refractivity contribution in [3.63, 3.8) is 0 Å². The standard InChI is InChI=1S/C24H32F2N2O3/c1-24(25,26)21-8-3-2-6-19(21)18-16-22(30)20(23(31)17-18)7-4-5-9-27-10-12-28(13-11-27)14-15-29/h2-3,6-8,18,29H,4-5,9-17H2,1H3. The van der Waals surface area contributed by atoms with E-state index in [2.05, 4.69) is 9.80 Å². The monoisotopic (exact) mass is 434 g/mol. The molecule has 0 bridgehead atoms. The first-order valence-electron chi connectivity index (χ1n) is 11.1. The Morgan fingerprint density at radius 1 is 1.03 bits per heavy atom. The Hall–Kier alpha value is -1.96. The van der Waals surface area contributed by atoms with E-state index in [4.69, 9.17) is 5.11 Å². The minimum Gasteiger partial charge on any atom is -0.395 e. The lowest BCUT2D eigenvalue weighted by Gasteiger charge is -2.34. The number of Topliss-reactive ketones (excluding diaryl/α,β-unsaturated/α-hetero) is 2. The van der Waals surface area contributed by atoms with Gasteiger partial charge in [-0.05, 0) is 30.9 Å². The van der Waals surface area contributed by atoms with E-state index in [1.165, 1.54) is 6.07 Å². The SMILES string of the molecule is CC(F)(F)c1ccccc1C1CC(=O)C(=CCCCN2CCN(CCO)CC2)C(=O)C1. The number of carbonyl (C=O) groups excluding carboxylic acids is 2. The van der Waals surface area contributed by atoms with E-state index >= 15 is 0 Å². The van der Waals surface area contributed by atoms with Crippen LogP contribution in [0.4, 0.5) is 8.78 Å². The number of hydrogen-bond donors (Lipinski definition) is 1. The highest BCUT2D eigenvalue weighted by molar-refractivity contribution is 6.22. The number of halogens is 2. The van der Waals surface area contributed by atoms with E-state index in [1.807, 2.05) is 0 Å². The molecule has 2 aliphatic rings. The third-order valence-electron chi connectivity index (χ3n) is 6.25. The number of piperazine rings is 1. The summed E-state index contributed by atoms with van der Waals surface area (Å²) >= 11 is 0. The van der Waals surface area contributed by atoms with Gasteiger partial charge in [-0.1, -0.05) is 30.3 Å². The van der Waals surface area contributed by atoms with E-state index in [0.717, 1.165) is 46.1 Å². The number of aliphatic hydroxyl groups is 1. The van der Waals surface area contributed by atoms with Crippen molar-refractivity contribution in [3.8, 4) is 0 Å². The highest BCUT2D eigenvalue weighted by atomic mass is 19.3. The first-order valence-corrected chi connectivity index (χ1v) is 11.1. The molecule has 1 aromatic carbocycles. The van der Waals surface area contributed by atoms with Crippen LogP contribution >= 0.6 is 0 Å². The average molecular weight is 435 g/mol. The van der Waals surface area contributed by atoms with Crippen LogP contribution in [0.5, 0.6) is 0 Å². The second kappa shape index (κ2) is 10.6. The van der Waals surface area contributed by atoms with Crippen molar-refractivity contribution in [1.82, 2.24) is 9.80 Å². The van der Waals surface area contributed by atoms with Crippen molar-refractivity contribution < 1.29 is 23.5 Å². The molecule has 1 heterocycles. The van der Waals surface area contributed by atoms with Gasteiger partial charge in [0, 0.05) is 58.1 Å². The molecule has 3 rings (SSSR count). The summed E-state index contributed by atoms with van der Waals surface area (Å²) in [5.41, 5.74) is 0.535. The van der Waals surface area contributed by atoms with Crippen LogP contribution in [0.25, 0.3) is 0 Å². The Morgan fingerprint density at radius 2 is 1.61 bits per heavy atom. The lowest BCUT2D eigenvalue weighted by molar-refractivity contribution is -0.124. The molecule has 1 N–H and O–H groups in total. The number of allylic oxidation sites excluding steroid dienone is 2. The fourth-order valence-corrected chi connectivity index (χ4v) is 4.53. The smallest absolute Gasteiger partial charge is 0.270 e. The number of ketones is 2. The van der Waals surface area contributed by atoms with Gasteiger partial charge in [-0.15, -0.1) is 0 Å². The summed E-state index contributed by atoms with van der Waals surface area (Å²) < 4.78 is 27.9. The Morgan fingerprint density at radius 3 is 2.19 bits per heavy atom. The van der Waals surface area contributed by atoms with Gasteiger partial charge in [0.15, 0.2) is 11.6 Å². The number of unbranched alkanes of at least 4 members (excludes halogenated alkanes) is 1. The number of benzene rings is 1. The lowest BCUT2D eigenvalue weighted by Crippen LogP contribution is -2.47. The van der Waals surface area contributed by atoms with E-state index in [1.54, 1.807) is 24.3 Å². The lowest BCUT2D eigenvalue weighted by atomic mass is 9.77. The van der Waals surface area contributed by atoms with Crippen molar-refractivity contribution in [3.05, 3.63) is 47.0 Å². The Labute approximate surface area is 182 Å². The van der Waals surface area contributed by atoms with Gasteiger partial charge in [-0.3, -0.25) is 14.5 Å². The summed E-state index contributed by atoms with van der Waals surface area (Å²) in [6.07, 6.45) is 3.44. The number of hydrogen-bond acceptors (Lipinski definition) is 5. The van der Waals surface area contributed by atoms with Crippen LogP contribution in [0.3, 0.4) is 0 Å². The molecule has 31 heavy (non-hydrogen) atoms. The quantitative estimate of drug-likeness (QED) is 0.387. The van der Waals surface area contributed by atoms with Crippen molar-refractivity contribution in [1.29, 1.82) is 0 Å². The molecular formula is C24H32F2N2O3. The molecular weight excluding hydrogens is 402 g/mol. The van der Waals surface area contributed by atoms with E-state index < -0.39 is 11.8 Å². The third-order valence-corrected chi connectivity index (χ3v) is 6.25. The minimum atomic E-state index is -3.01. The largest absolute Gasteiger partial charge is 0.395 e. The van der Waals surface area contributed by atoms with Crippen LogP contribution in [0, 0.1) is 0 Å². The summed E-state index contributed by atoms with van der Waals surface area (Å²) in [5, 5.41) is 9.00. The van der Waals surface area contributed by atoms with Crippen molar-refractivity contribution in [2.75, 3.05) is 45.9 Å². The molecule has 1 aromatic rings. The fourth-order valence-electron chi connectivity index (χ4n) is 4.53. The molecule has 2 fully saturated rings. The summed E-state index contributed by atoms with van der Waals surface area (Å²) in [6.45, 7) is 6.44. The van der Waals surface area contributed by atoms with Gasteiger partial charge in [0.25, 0.3) is 5.92 Å². The van der Waals surface area contributed by atoms with E-state index in [-0.39, 0.29) is 42.2 Å². The maximum absolute atomic E-state index is 14.0. The summed E-state index contributed by atoms with van der Waals surface area (Å²) in [7, 11) is 0. The van der Waals surface area contributed by atoms with Gasteiger partial charge in [0.2, 0.25) is 0 Å². The summed E-state index contributed by atoms with van der Waals surface area (Å²) in [5.74, 6) is -3.99. The molecule has 0 amide bonds. The molecule has 7 heteroatoms. The molecule has 5 nitrogen and oxygen atoms in total. The van der Waals surface area contributed by atoms with E-state index in [0.29, 0.717) is 18.5 Å². The highest BCUT2D eigenvalue weighted by Crippen LogP contribution is 2.39. The highest BCUT2D eigenvalue weighted by Gasteiger charge is 2.35. The number of β-amino-alcohol motifs (C(OH)–C–C–N with tert-alkyl or cyclic N) is 1. The van der Waals surface area contributed by atoms with Gasteiger partial charge < -0.3 is 10.0 Å². The minimum absolute atomic E-state index is 0.0947. The number of alkyl halides is 2. The summed E-state index contributed by atoms with van der Waals surface area (Å²) in [4.78, 5) is 29.9. The zero-order valence-electron chi connectivity index (χ0n) is 18.2. The predicted octanol–water partition coefficient (Wildman–Crippen LogP) is 3.13. The Balaban J connectivity index is 1.53. The van der Waals surface area contributed by atoms with Gasteiger partial charge in [-0.2, -0.15) is 0 Å². The van der Waals surface area contributed by atoms with Crippen LogP contribution in [-0.4, -0.2) is 72.3 Å². The van der Waals surface area contributed by atoms with Crippen LogP contribution in [-0.2, 0) is 15.5 Å². The maximum atomic E-state index is 14.0. The molecule has 0 atom stereocenters. The third kappa shape index (κ3) is 6.28. The van der Waals surface area contributed by atoms with Gasteiger partial charge in [0.05, 0.1) is 12.2 Å². The number of rotatable bonds is 8. The van der Waals surface area contributed by atoms with Crippen LogP contribution in [0.15, 0.2) is 35.9 Å². The predicted molar refractivity (Wildman–Crippen MR) is 115 cm³/mol. The topological polar surface area (TPSA) is 60.9 Å². The fraction of sp³-hybridized carbons (Fsp3) is 0.583. The summed E-state index contributed by atoms with van der Waals surface area (Å²) in [6, 6.07) is 6.21. The molecule has 1 saturated carbocycles. The first kappa shape index (κ1) is 23.7. The molecule has 1 aliphatic heterocycles. The second-order valence-electron chi connectivity index (χ2n) is 8.59. The van der Waals surface area contributed by atoms with Crippen LogP contribution < -0.4 is 0 Å². The van der Waals surface area contributed by atoms with Crippen molar-refractivity contribution >= 4 is 11.6 Å². The molecule has 0 aromatic heterocycles. The van der Waals surface area contributed by atoms with Crippen molar-refractivity contribution in [2.45, 2.75) is 44.4 Å². The number of carbonyl (C=O) groups is 2. The molecule has 0 radical (unpaired) electrons. The molecule has 170 valence electrons. The maximum Gasteiger partial charge on any atom is 0.270 e. The number of aliphatic hydroxyl groups excluding tert-OH is 1. The normalized spacial score (nSPS) is 21.5. The Kier molecular flexibility index (Phi) is 8.08. The van der Waals surface area contributed by atoms with Crippen LogP contribution in [0.1, 0.15) is 49.7 Å². The van der Waals surface area contributed by atoms with Gasteiger partial charge in [-0.25, -0.2) is 8.78 Å². The van der Waals surface area contributed by atoms with Gasteiger partial charge in [0.1, 0.15) is 0 Å². The first-order chi connectivity index (χ1) is 14.8. The Bertz CT molecular complexity index is 791. The van der Waals surface area contributed by atoms with Gasteiger partial charge >= 0.3 is 0 Å². The number of nitrogens with zero attached hydrogens (tertiary/aromatic N) is 2. The van der Waals surface area contributed by atoms with E-state index in [9.17, 15) is 18.4 Å². The molecule has 0 unspecified atom stereocenters. The second-order valence-corrected chi connectivity index (χ2v) is 8.59. The zero-order valence-corrected chi connectivity index (χ0v) is 18.2. The van der Waals surface area contributed by atoms with Crippen molar-refractivity contribution in [2.24, 2.45) is 0 Å². The molecule has 1 aliphatic carbocycles. The zero-order chi connectivity index (χ0) is 22.4. The average Bonchev–Trinajstić information content (AvgIpc) is 2.73. The molecule has 1 saturated heterocycles. The van der Waals surface area contributed by atoms with Crippen LogP contribution in [0.2, 0.25) is 0 Å².